The van der Waals surface area contributed by atoms with E-state index in [1.165, 1.54) is 22.3 Å². The number of benzene rings is 1. The third kappa shape index (κ3) is 1.48. The van der Waals surface area contributed by atoms with E-state index in [9.17, 15) is 0 Å². The first kappa shape index (κ1) is 8.79. The van der Waals surface area contributed by atoms with Crippen molar-refractivity contribution in [1.82, 2.24) is 0 Å². The molecule has 0 aliphatic rings. The highest BCUT2D eigenvalue weighted by molar-refractivity contribution is 5.63. The van der Waals surface area contributed by atoms with Crippen LogP contribution in [0.25, 0.3) is 12.2 Å². The van der Waals surface area contributed by atoms with Gasteiger partial charge in [0.05, 0.1) is 0 Å². The highest BCUT2D eigenvalue weighted by atomic mass is 14.0. The van der Waals surface area contributed by atoms with E-state index in [-0.39, 0.29) is 2.85 Å². The van der Waals surface area contributed by atoms with E-state index < -0.39 is 0 Å². The SMILES string of the molecule is C=Cc1cc(C)cc(C=C)c1C.[HH].[HH]. The van der Waals surface area contributed by atoms with Gasteiger partial charge in [0, 0.05) is 2.85 Å². The maximum absolute atomic E-state index is 3.77. The Morgan fingerprint density at radius 2 is 1.50 bits per heavy atom. The molecule has 66 valence electrons. The van der Waals surface area contributed by atoms with E-state index in [2.05, 4.69) is 39.1 Å². The average molecular weight is 162 g/mol. The Kier molecular flexibility index (Phi) is 2.49. The normalized spacial score (nSPS) is 9.50. The minimum Gasteiger partial charge on any atom is -0.0985 e. The second-order valence-corrected chi connectivity index (χ2v) is 2.98. The van der Waals surface area contributed by atoms with Crippen molar-refractivity contribution in [2.45, 2.75) is 13.8 Å². The van der Waals surface area contributed by atoms with Crippen LogP contribution in [0.4, 0.5) is 0 Å². The molecule has 0 bridgehead atoms. The standard InChI is InChI=1S/C12H14.2H2/c1-5-11-7-9(3)8-12(6-2)10(11)4;;/h5-8H,1-2H2,3-4H3;2*1H. The van der Waals surface area contributed by atoms with Gasteiger partial charge in [-0.25, -0.2) is 0 Å². The van der Waals surface area contributed by atoms with Gasteiger partial charge in [0.25, 0.3) is 0 Å². The van der Waals surface area contributed by atoms with Gasteiger partial charge in [0.1, 0.15) is 0 Å². The zero-order chi connectivity index (χ0) is 9.14. The van der Waals surface area contributed by atoms with Gasteiger partial charge in [-0.05, 0) is 36.1 Å². The second kappa shape index (κ2) is 3.40. The molecule has 0 unspecified atom stereocenters. The van der Waals surface area contributed by atoms with Crippen molar-refractivity contribution in [2.24, 2.45) is 0 Å². The zero-order valence-corrected chi connectivity index (χ0v) is 7.72. The van der Waals surface area contributed by atoms with Crippen molar-refractivity contribution in [3.05, 3.63) is 47.5 Å². The summed E-state index contributed by atoms with van der Waals surface area (Å²) in [7, 11) is 0. The molecule has 0 heteroatoms. The van der Waals surface area contributed by atoms with Gasteiger partial charge >= 0.3 is 0 Å². The van der Waals surface area contributed by atoms with Crippen LogP contribution < -0.4 is 0 Å². The van der Waals surface area contributed by atoms with Gasteiger partial charge in [-0.3, -0.25) is 0 Å². The fourth-order valence-corrected chi connectivity index (χ4v) is 1.34. The van der Waals surface area contributed by atoms with Crippen LogP contribution >= 0.6 is 0 Å². The van der Waals surface area contributed by atoms with Gasteiger partial charge < -0.3 is 0 Å². The lowest BCUT2D eigenvalue weighted by Gasteiger charge is -2.06. The fraction of sp³-hybridized carbons (Fsp3) is 0.167. The molecule has 0 saturated carbocycles. The third-order valence-corrected chi connectivity index (χ3v) is 2.07. The summed E-state index contributed by atoms with van der Waals surface area (Å²) < 4.78 is 0. The van der Waals surface area contributed by atoms with Gasteiger partial charge in [0.2, 0.25) is 0 Å². The van der Waals surface area contributed by atoms with E-state index in [4.69, 9.17) is 0 Å². The first-order valence-electron chi connectivity index (χ1n) is 4.05. The third-order valence-electron chi connectivity index (χ3n) is 2.07. The molecule has 0 aliphatic carbocycles. The smallest absolute Gasteiger partial charge is 0 e. The van der Waals surface area contributed by atoms with Gasteiger partial charge in [0.15, 0.2) is 0 Å². The zero-order valence-electron chi connectivity index (χ0n) is 7.72. The summed E-state index contributed by atoms with van der Waals surface area (Å²) in [4.78, 5) is 0. The Labute approximate surface area is 77.2 Å². The van der Waals surface area contributed by atoms with Crippen molar-refractivity contribution in [1.29, 1.82) is 0 Å². The fourth-order valence-electron chi connectivity index (χ4n) is 1.34. The minimum absolute atomic E-state index is 0. The topological polar surface area (TPSA) is 0 Å². The molecule has 0 atom stereocenters. The Bertz CT molecular complexity index is 298. The molecule has 0 heterocycles. The molecule has 0 nitrogen and oxygen atoms in total. The molecule has 1 aromatic carbocycles. The van der Waals surface area contributed by atoms with Crippen molar-refractivity contribution in [3.63, 3.8) is 0 Å². The molecule has 0 fully saturated rings. The first-order valence-corrected chi connectivity index (χ1v) is 4.05. The molecule has 0 aromatic heterocycles. The molecule has 0 N–H and O–H groups in total. The highest BCUT2D eigenvalue weighted by Crippen LogP contribution is 2.18. The molecule has 0 aliphatic heterocycles. The van der Waals surface area contributed by atoms with Gasteiger partial charge in [-0.2, -0.15) is 0 Å². The van der Waals surface area contributed by atoms with Crippen molar-refractivity contribution in [3.8, 4) is 0 Å². The van der Waals surface area contributed by atoms with Crippen molar-refractivity contribution < 1.29 is 2.85 Å². The largest absolute Gasteiger partial charge is 0.0985 e. The summed E-state index contributed by atoms with van der Waals surface area (Å²) in [6, 6.07) is 4.27. The molecular formula is C12H18. The van der Waals surface area contributed by atoms with Gasteiger partial charge in [-0.15, -0.1) is 0 Å². The van der Waals surface area contributed by atoms with Gasteiger partial charge in [-0.1, -0.05) is 37.4 Å². The lowest BCUT2D eigenvalue weighted by Crippen LogP contribution is -1.87. The number of aryl methyl sites for hydroxylation is 1. The van der Waals surface area contributed by atoms with Crippen LogP contribution in [0.1, 0.15) is 25.1 Å². The summed E-state index contributed by atoms with van der Waals surface area (Å²) in [5.74, 6) is 0. The Hall–Kier alpha value is -1.30. The molecule has 0 amide bonds. The number of hydrogen-bond donors (Lipinski definition) is 0. The highest BCUT2D eigenvalue weighted by Gasteiger charge is 1.99. The van der Waals surface area contributed by atoms with Crippen LogP contribution in [0.2, 0.25) is 0 Å². The molecule has 0 spiro atoms. The number of hydrogen-bond acceptors (Lipinski definition) is 0. The minimum atomic E-state index is 0. The van der Waals surface area contributed by atoms with Crippen LogP contribution in [0.5, 0.6) is 0 Å². The summed E-state index contributed by atoms with van der Waals surface area (Å²) in [6.45, 7) is 11.7. The summed E-state index contributed by atoms with van der Waals surface area (Å²) in [6.07, 6.45) is 3.77. The average Bonchev–Trinajstić information content (AvgIpc) is 2.08. The lowest BCUT2D eigenvalue weighted by atomic mass is 9.99. The van der Waals surface area contributed by atoms with Crippen molar-refractivity contribution in [2.75, 3.05) is 0 Å². The summed E-state index contributed by atoms with van der Waals surface area (Å²) in [5.41, 5.74) is 4.91. The Morgan fingerprint density at radius 3 is 1.83 bits per heavy atom. The molecule has 0 radical (unpaired) electrons. The monoisotopic (exact) mass is 162 g/mol. The molecule has 1 rings (SSSR count). The second-order valence-electron chi connectivity index (χ2n) is 2.98. The number of rotatable bonds is 2. The van der Waals surface area contributed by atoms with Crippen LogP contribution in [-0.4, -0.2) is 0 Å². The Balaban J connectivity index is 0. The van der Waals surface area contributed by atoms with Crippen LogP contribution in [0.15, 0.2) is 25.3 Å². The molecule has 1 aromatic rings. The maximum atomic E-state index is 3.77. The van der Waals surface area contributed by atoms with Crippen LogP contribution in [-0.2, 0) is 0 Å². The molecular weight excluding hydrogens is 144 g/mol. The molecule has 0 saturated heterocycles. The van der Waals surface area contributed by atoms with Crippen LogP contribution in [0, 0.1) is 13.8 Å². The Morgan fingerprint density at radius 1 is 1.08 bits per heavy atom. The predicted octanol–water partition coefficient (Wildman–Crippen LogP) is 4.08. The first-order chi connectivity index (χ1) is 5.69. The van der Waals surface area contributed by atoms with E-state index in [1.54, 1.807) is 0 Å². The maximum Gasteiger partial charge on any atom is 0 e. The summed E-state index contributed by atoms with van der Waals surface area (Å²) >= 11 is 0. The predicted molar refractivity (Wildman–Crippen MR) is 60.3 cm³/mol. The van der Waals surface area contributed by atoms with E-state index in [0.29, 0.717) is 0 Å². The van der Waals surface area contributed by atoms with E-state index >= 15 is 0 Å². The summed E-state index contributed by atoms with van der Waals surface area (Å²) in [5, 5.41) is 0. The quantitative estimate of drug-likeness (QED) is 0.614. The van der Waals surface area contributed by atoms with E-state index in [0.717, 1.165) is 0 Å². The molecule has 12 heavy (non-hydrogen) atoms. The van der Waals surface area contributed by atoms with Crippen LogP contribution in [0.3, 0.4) is 0 Å². The lowest BCUT2D eigenvalue weighted by molar-refractivity contribution is 1.36. The van der Waals surface area contributed by atoms with E-state index in [1.807, 2.05) is 12.2 Å². The van der Waals surface area contributed by atoms with Crippen molar-refractivity contribution >= 4 is 12.2 Å².